The summed E-state index contributed by atoms with van der Waals surface area (Å²) in [6, 6.07) is 0. The summed E-state index contributed by atoms with van der Waals surface area (Å²) < 4.78 is 31.7. The summed E-state index contributed by atoms with van der Waals surface area (Å²) in [5, 5.41) is 3.27. The molecular formula is C13H28N2O3S. The van der Waals surface area contributed by atoms with Crippen LogP contribution in [0.2, 0.25) is 0 Å². The number of ether oxygens (including phenoxy) is 1. The third-order valence-corrected chi connectivity index (χ3v) is 4.68. The molecule has 0 aromatic heterocycles. The van der Waals surface area contributed by atoms with Crippen LogP contribution in [0.4, 0.5) is 0 Å². The molecule has 0 spiro atoms. The predicted octanol–water partition coefficient (Wildman–Crippen LogP) is 1.25. The summed E-state index contributed by atoms with van der Waals surface area (Å²) >= 11 is 0. The summed E-state index contributed by atoms with van der Waals surface area (Å²) in [7, 11) is -3.13. The molecule has 5 nitrogen and oxygen atoms in total. The van der Waals surface area contributed by atoms with Gasteiger partial charge < -0.3 is 10.1 Å². The van der Waals surface area contributed by atoms with Gasteiger partial charge in [-0.25, -0.2) is 13.1 Å². The van der Waals surface area contributed by atoms with Gasteiger partial charge in [0.15, 0.2) is 0 Å². The van der Waals surface area contributed by atoms with Crippen molar-refractivity contribution >= 4 is 10.0 Å². The Morgan fingerprint density at radius 1 is 1.21 bits per heavy atom. The van der Waals surface area contributed by atoms with Crippen LogP contribution >= 0.6 is 0 Å². The van der Waals surface area contributed by atoms with Gasteiger partial charge in [0.25, 0.3) is 0 Å². The fourth-order valence-electron chi connectivity index (χ4n) is 2.10. The molecule has 0 saturated carbocycles. The fraction of sp³-hybridized carbons (Fsp3) is 1.00. The molecule has 2 N–H and O–H groups in total. The fourth-order valence-corrected chi connectivity index (χ4v) is 3.27. The molecule has 0 radical (unpaired) electrons. The normalized spacial score (nSPS) is 20.6. The van der Waals surface area contributed by atoms with Crippen LogP contribution in [0.15, 0.2) is 0 Å². The molecule has 0 bridgehead atoms. The molecule has 19 heavy (non-hydrogen) atoms. The molecule has 1 rings (SSSR count). The van der Waals surface area contributed by atoms with Crippen LogP contribution in [-0.4, -0.2) is 46.5 Å². The van der Waals surface area contributed by atoms with Crippen LogP contribution in [0.5, 0.6) is 0 Å². The summed E-state index contributed by atoms with van der Waals surface area (Å²) in [5.74, 6) is 0.216. The van der Waals surface area contributed by atoms with E-state index in [9.17, 15) is 8.42 Å². The Hall–Kier alpha value is -0.170. The summed E-state index contributed by atoms with van der Waals surface area (Å²) in [5.41, 5.74) is 0. The van der Waals surface area contributed by atoms with Gasteiger partial charge in [-0.2, -0.15) is 0 Å². The molecule has 1 unspecified atom stereocenters. The van der Waals surface area contributed by atoms with Gasteiger partial charge in [-0.1, -0.05) is 6.92 Å². The molecular weight excluding hydrogens is 264 g/mol. The van der Waals surface area contributed by atoms with Crippen molar-refractivity contribution in [3.05, 3.63) is 0 Å². The van der Waals surface area contributed by atoms with Gasteiger partial charge in [-0.05, 0) is 51.6 Å². The first-order valence-electron chi connectivity index (χ1n) is 7.43. The number of sulfonamides is 1. The third-order valence-electron chi connectivity index (χ3n) is 3.25. The van der Waals surface area contributed by atoms with Crippen molar-refractivity contribution in [2.24, 2.45) is 0 Å². The van der Waals surface area contributed by atoms with Gasteiger partial charge in [-0.3, -0.25) is 0 Å². The molecule has 0 amide bonds. The second kappa shape index (κ2) is 9.69. The van der Waals surface area contributed by atoms with Crippen LogP contribution in [-0.2, 0) is 14.8 Å². The van der Waals surface area contributed by atoms with E-state index in [-0.39, 0.29) is 11.9 Å². The van der Waals surface area contributed by atoms with E-state index in [1.807, 2.05) is 0 Å². The lowest BCUT2D eigenvalue weighted by Crippen LogP contribution is -2.36. The van der Waals surface area contributed by atoms with Gasteiger partial charge in [0.05, 0.1) is 11.9 Å². The van der Waals surface area contributed by atoms with E-state index in [0.29, 0.717) is 13.0 Å². The molecule has 1 saturated heterocycles. The van der Waals surface area contributed by atoms with E-state index >= 15 is 0 Å². The minimum absolute atomic E-state index is 0.0646. The van der Waals surface area contributed by atoms with E-state index in [4.69, 9.17) is 4.74 Å². The molecule has 1 aliphatic heterocycles. The zero-order valence-corrected chi connectivity index (χ0v) is 12.8. The molecule has 6 heteroatoms. The topological polar surface area (TPSA) is 67.4 Å². The summed E-state index contributed by atoms with van der Waals surface area (Å²) in [6.07, 6.45) is 5.97. The van der Waals surface area contributed by atoms with E-state index in [1.165, 1.54) is 0 Å². The van der Waals surface area contributed by atoms with E-state index in [2.05, 4.69) is 17.0 Å². The average Bonchev–Trinajstić information content (AvgIpc) is 2.42. The largest absolute Gasteiger partial charge is 0.377 e. The van der Waals surface area contributed by atoms with E-state index < -0.39 is 10.0 Å². The van der Waals surface area contributed by atoms with Crippen LogP contribution < -0.4 is 10.0 Å². The Morgan fingerprint density at radius 2 is 2.05 bits per heavy atom. The maximum Gasteiger partial charge on any atom is 0.211 e. The highest BCUT2D eigenvalue weighted by Crippen LogP contribution is 2.11. The minimum Gasteiger partial charge on any atom is -0.377 e. The Morgan fingerprint density at radius 3 is 2.74 bits per heavy atom. The average molecular weight is 292 g/mol. The van der Waals surface area contributed by atoms with Gasteiger partial charge >= 0.3 is 0 Å². The molecule has 0 aliphatic carbocycles. The zero-order chi connectivity index (χ0) is 14.0. The molecule has 114 valence electrons. The highest BCUT2D eigenvalue weighted by Gasteiger charge is 2.17. The van der Waals surface area contributed by atoms with E-state index in [0.717, 1.165) is 51.8 Å². The minimum atomic E-state index is -3.13. The first-order valence-corrected chi connectivity index (χ1v) is 9.09. The maximum atomic E-state index is 11.8. The van der Waals surface area contributed by atoms with Crippen LogP contribution in [0.3, 0.4) is 0 Å². The maximum absolute atomic E-state index is 11.8. The Balaban J connectivity index is 2.06. The monoisotopic (exact) mass is 292 g/mol. The van der Waals surface area contributed by atoms with E-state index in [1.54, 1.807) is 0 Å². The van der Waals surface area contributed by atoms with Crippen molar-refractivity contribution in [3.8, 4) is 0 Å². The Labute approximate surface area is 117 Å². The van der Waals surface area contributed by atoms with Crippen molar-refractivity contribution in [1.29, 1.82) is 0 Å². The Kier molecular flexibility index (Phi) is 8.61. The molecule has 0 aromatic carbocycles. The molecule has 0 aromatic rings. The Bertz CT molecular complexity index is 314. The highest BCUT2D eigenvalue weighted by atomic mass is 32.2. The molecule has 1 fully saturated rings. The molecule has 1 heterocycles. The number of unbranched alkanes of at least 4 members (excludes halogenated alkanes) is 1. The standard InChI is InChI=1S/C13H28N2O3S/c1-2-8-14-9-4-6-11-19(16,17)15-12-13-7-3-5-10-18-13/h13-15H,2-12H2,1H3. The SMILES string of the molecule is CCCNCCCCS(=O)(=O)NCC1CCCCO1. The van der Waals surface area contributed by atoms with Gasteiger partial charge in [0, 0.05) is 13.2 Å². The zero-order valence-electron chi connectivity index (χ0n) is 12.0. The van der Waals surface area contributed by atoms with Crippen molar-refractivity contribution < 1.29 is 13.2 Å². The van der Waals surface area contributed by atoms with Crippen molar-refractivity contribution in [1.82, 2.24) is 10.0 Å². The van der Waals surface area contributed by atoms with Crippen molar-refractivity contribution in [2.45, 2.75) is 51.6 Å². The summed E-state index contributed by atoms with van der Waals surface area (Å²) in [6.45, 7) is 5.21. The van der Waals surface area contributed by atoms with Crippen molar-refractivity contribution in [2.75, 3.05) is 32.0 Å². The first kappa shape index (κ1) is 16.9. The predicted molar refractivity (Wildman–Crippen MR) is 77.8 cm³/mol. The highest BCUT2D eigenvalue weighted by molar-refractivity contribution is 7.89. The third kappa shape index (κ3) is 8.57. The molecule has 1 aliphatic rings. The van der Waals surface area contributed by atoms with Gasteiger partial charge in [-0.15, -0.1) is 0 Å². The number of hydrogen-bond donors (Lipinski definition) is 2. The van der Waals surface area contributed by atoms with Crippen LogP contribution in [0.25, 0.3) is 0 Å². The quantitative estimate of drug-likeness (QED) is 0.595. The van der Waals surface area contributed by atoms with Crippen LogP contribution in [0.1, 0.15) is 45.4 Å². The second-order valence-electron chi connectivity index (χ2n) is 5.11. The molecule has 1 atom stereocenters. The van der Waals surface area contributed by atoms with Gasteiger partial charge in [0.1, 0.15) is 0 Å². The first-order chi connectivity index (χ1) is 9.14. The lowest BCUT2D eigenvalue weighted by Gasteiger charge is -2.22. The number of hydrogen-bond acceptors (Lipinski definition) is 4. The smallest absolute Gasteiger partial charge is 0.211 e. The lowest BCUT2D eigenvalue weighted by molar-refractivity contribution is 0.0200. The van der Waals surface area contributed by atoms with Crippen molar-refractivity contribution in [3.63, 3.8) is 0 Å². The summed E-state index contributed by atoms with van der Waals surface area (Å²) in [4.78, 5) is 0. The lowest BCUT2D eigenvalue weighted by atomic mass is 10.1. The number of rotatable bonds is 10. The number of nitrogens with one attached hydrogen (secondary N) is 2. The van der Waals surface area contributed by atoms with Crippen LogP contribution in [0, 0.1) is 0 Å². The van der Waals surface area contributed by atoms with Gasteiger partial charge in [0.2, 0.25) is 10.0 Å². The second-order valence-corrected chi connectivity index (χ2v) is 7.04.